The zero-order valence-corrected chi connectivity index (χ0v) is 8.29. The number of anilines is 1. The first-order valence-corrected chi connectivity index (χ1v) is 4.53. The molecule has 0 aliphatic rings. The second-order valence-corrected chi connectivity index (χ2v) is 3.03. The monoisotopic (exact) mass is 212 g/mol. The Morgan fingerprint density at radius 3 is 2.94 bits per heavy atom. The van der Waals surface area contributed by atoms with Crippen molar-refractivity contribution in [1.29, 1.82) is 5.26 Å². The van der Waals surface area contributed by atoms with Gasteiger partial charge in [0, 0.05) is 11.8 Å². The lowest BCUT2D eigenvalue weighted by atomic mass is 10.3. The zero-order chi connectivity index (χ0) is 11.4. The van der Waals surface area contributed by atoms with Gasteiger partial charge < -0.3 is 10.5 Å². The molecular weight excluding hydrogens is 204 g/mol. The van der Waals surface area contributed by atoms with E-state index in [1.54, 1.807) is 24.3 Å². The van der Waals surface area contributed by atoms with Crippen molar-refractivity contribution in [3.05, 3.63) is 42.4 Å². The van der Waals surface area contributed by atoms with Crippen molar-refractivity contribution in [1.82, 2.24) is 9.97 Å². The van der Waals surface area contributed by atoms with Crippen LogP contribution in [-0.2, 0) is 0 Å². The summed E-state index contributed by atoms with van der Waals surface area (Å²) in [4.78, 5) is 7.76. The Balaban J connectivity index is 2.24. The SMILES string of the molecule is N#Cc1cncc(Oc2cccc(N)c2)n1. The molecule has 1 heterocycles. The minimum absolute atomic E-state index is 0.210. The fourth-order valence-corrected chi connectivity index (χ4v) is 1.15. The molecule has 2 aromatic rings. The Kier molecular flexibility index (Phi) is 2.65. The van der Waals surface area contributed by atoms with Crippen LogP contribution >= 0.6 is 0 Å². The van der Waals surface area contributed by atoms with Gasteiger partial charge in [0.2, 0.25) is 5.88 Å². The molecule has 0 spiro atoms. The molecule has 0 atom stereocenters. The molecule has 0 saturated heterocycles. The number of nitrogens with two attached hydrogens (primary N) is 1. The summed E-state index contributed by atoms with van der Waals surface area (Å²) in [7, 11) is 0. The van der Waals surface area contributed by atoms with Gasteiger partial charge in [-0.2, -0.15) is 10.2 Å². The number of ether oxygens (including phenoxy) is 1. The van der Waals surface area contributed by atoms with Crippen molar-refractivity contribution in [2.45, 2.75) is 0 Å². The van der Waals surface area contributed by atoms with Gasteiger partial charge in [-0.25, -0.2) is 0 Å². The van der Waals surface area contributed by atoms with E-state index in [0.717, 1.165) is 0 Å². The van der Waals surface area contributed by atoms with Gasteiger partial charge >= 0.3 is 0 Å². The molecule has 2 rings (SSSR count). The molecule has 5 heteroatoms. The smallest absolute Gasteiger partial charge is 0.239 e. The predicted octanol–water partition coefficient (Wildman–Crippen LogP) is 1.72. The van der Waals surface area contributed by atoms with E-state index < -0.39 is 0 Å². The van der Waals surface area contributed by atoms with Crippen LogP contribution in [0.1, 0.15) is 5.69 Å². The molecule has 0 aliphatic carbocycles. The standard InChI is InChI=1S/C11H8N4O/c12-5-9-6-14-7-11(15-9)16-10-3-1-2-8(13)4-10/h1-4,6-7H,13H2. The summed E-state index contributed by atoms with van der Waals surface area (Å²) in [6, 6.07) is 8.82. The normalized spacial score (nSPS) is 9.44. The summed E-state index contributed by atoms with van der Waals surface area (Å²) in [6.07, 6.45) is 2.80. The summed E-state index contributed by atoms with van der Waals surface area (Å²) >= 11 is 0. The molecule has 1 aromatic heterocycles. The van der Waals surface area contributed by atoms with Crippen LogP contribution in [0.15, 0.2) is 36.7 Å². The van der Waals surface area contributed by atoms with Crippen molar-refractivity contribution < 1.29 is 4.74 Å². The molecule has 5 nitrogen and oxygen atoms in total. The van der Waals surface area contributed by atoms with Gasteiger partial charge in [-0.1, -0.05) is 6.07 Å². The van der Waals surface area contributed by atoms with Gasteiger partial charge in [0.1, 0.15) is 11.8 Å². The molecule has 2 N–H and O–H groups in total. The number of nitrogens with zero attached hydrogens (tertiary/aromatic N) is 3. The van der Waals surface area contributed by atoms with E-state index in [1.165, 1.54) is 12.4 Å². The number of nitriles is 1. The highest BCUT2D eigenvalue weighted by molar-refractivity contribution is 5.44. The van der Waals surface area contributed by atoms with Crippen LogP contribution in [0.5, 0.6) is 11.6 Å². The van der Waals surface area contributed by atoms with E-state index in [0.29, 0.717) is 11.4 Å². The second-order valence-electron chi connectivity index (χ2n) is 3.03. The van der Waals surface area contributed by atoms with E-state index in [-0.39, 0.29) is 11.6 Å². The third-order valence-corrected chi connectivity index (χ3v) is 1.81. The van der Waals surface area contributed by atoms with Gasteiger partial charge in [0.15, 0.2) is 5.69 Å². The minimum atomic E-state index is 0.210. The van der Waals surface area contributed by atoms with Crippen LogP contribution in [0.25, 0.3) is 0 Å². The lowest BCUT2D eigenvalue weighted by Gasteiger charge is -2.04. The maximum atomic E-state index is 8.64. The lowest BCUT2D eigenvalue weighted by Crippen LogP contribution is -1.92. The van der Waals surface area contributed by atoms with Crippen molar-refractivity contribution in [3.8, 4) is 17.7 Å². The third-order valence-electron chi connectivity index (χ3n) is 1.81. The highest BCUT2D eigenvalue weighted by Gasteiger charge is 2.01. The summed E-state index contributed by atoms with van der Waals surface area (Å²) in [5, 5.41) is 8.64. The molecule has 78 valence electrons. The highest BCUT2D eigenvalue weighted by atomic mass is 16.5. The first-order chi connectivity index (χ1) is 7.78. The molecule has 0 saturated carbocycles. The zero-order valence-electron chi connectivity index (χ0n) is 8.29. The van der Waals surface area contributed by atoms with Crippen molar-refractivity contribution in [2.75, 3.05) is 5.73 Å². The molecule has 0 radical (unpaired) electrons. The molecule has 0 aliphatic heterocycles. The largest absolute Gasteiger partial charge is 0.437 e. The number of rotatable bonds is 2. The van der Waals surface area contributed by atoms with Crippen LogP contribution < -0.4 is 10.5 Å². The fourth-order valence-electron chi connectivity index (χ4n) is 1.15. The summed E-state index contributed by atoms with van der Waals surface area (Å²) in [5.74, 6) is 0.828. The van der Waals surface area contributed by atoms with Crippen LogP contribution in [0, 0.1) is 11.3 Å². The average Bonchev–Trinajstić information content (AvgIpc) is 2.29. The van der Waals surface area contributed by atoms with E-state index in [2.05, 4.69) is 9.97 Å². The third kappa shape index (κ3) is 2.25. The molecule has 0 fully saturated rings. The molecule has 16 heavy (non-hydrogen) atoms. The van der Waals surface area contributed by atoms with Crippen LogP contribution in [-0.4, -0.2) is 9.97 Å². The summed E-state index contributed by atoms with van der Waals surface area (Å²) in [6.45, 7) is 0. The van der Waals surface area contributed by atoms with E-state index in [9.17, 15) is 0 Å². The van der Waals surface area contributed by atoms with E-state index in [1.807, 2.05) is 6.07 Å². The maximum absolute atomic E-state index is 8.64. The highest BCUT2D eigenvalue weighted by Crippen LogP contribution is 2.20. The Labute approximate surface area is 92.1 Å². The van der Waals surface area contributed by atoms with Crippen LogP contribution in [0.3, 0.4) is 0 Å². The quantitative estimate of drug-likeness (QED) is 0.766. The van der Waals surface area contributed by atoms with Crippen molar-refractivity contribution >= 4 is 5.69 Å². The van der Waals surface area contributed by atoms with Gasteiger partial charge in [-0.15, -0.1) is 0 Å². The molecular formula is C11H8N4O. The van der Waals surface area contributed by atoms with E-state index >= 15 is 0 Å². The topological polar surface area (TPSA) is 84.8 Å². The predicted molar refractivity (Wildman–Crippen MR) is 57.7 cm³/mol. The first kappa shape index (κ1) is 9.93. The van der Waals surface area contributed by atoms with Gasteiger partial charge in [0.25, 0.3) is 0 Å². The number of benzene rings is 1. The van der Waals surface area contributed by atoms with Gasteiger partial charge in [-0.05, 0) is 12.1 Å². The Morgan fingerprint density at radius 2 is 2.19 bits per heavy atom. The number of nitrogen functional groups attached to an aromatic ring is 1. The van der Waals surface area contributed by atoms with Crippen LogP contribution in [0.2, 0.25) is 0 Å². The van der Waals surface area contributed by atoms with E-state index in [4.69, 9.17) is 15.7 Å². The number of hydrogen-bond donors (Lipinski definition) is 1. The molecule has 0 unspecified atom stereocenters. The molecule has 0 amide bonds. The van der Waals surface area contributed by atoms with Gasteiger partial charge in [-0.3, -0.25) is 4.98 Å². The Bertz CT molecular complexity index is 548. The number of aromatic nitrogens is 2. The Morgan fingerprint density at radius 1 is 1.31 bits per heavy atom. The molecule has 0 bridgehead atoms. The van der Waals surface area contributed by atoms with Gasteiger partial charge in [0.05, 0.1) is 12.4 Å². The average molecular weight is 212 g/mol. The summed E-state index contributed by atoms with van der Waals surface area (Å²) < 4.78 is 5.40. The number of hydrogen-bond acceptors (Lipinski definition) is 5. The van der Waals surface area contributed by atoms with Crippen molar-refractivity contribution in [2.24, 2.45) is 0 Å². The fraction of sp³-hybridized carbons (Fsp3) is 0. The maximum Gasteiger partial charge on any atom is 0.239 e. The second kappa shape index (κ2) is 4.28. The Hall–Kier alpha value is -2.61. The van der Waals surface area contributed by atoms with Crippen molar-refractivity contribution in [3.63, 3.8) is 0 Å². The summed E-state index contributed by atoms with van der Waals surface area (Å²) in [5.41, 5.74) is 6.41. The minimum Gasteiger partial charge on any atom is -0.437 e. The molecule has 1 aromatic carbocycles. The lowest BCUT2D eigenvalue weighted by molar-refractivity contribution is 0.460. The first-order valence-electron chi connectivity index (χ1n) is 4.53. The van der Waals surface area contributed by atoms with Crippen LogP contribution in [0.4, 0.5) is 5.69 Å².